The molecule has 0 radical (unpaired) electrons. The average Bonchev–Trinajstić information content (AvgIpc) is 2.46. The first kappa shape index (κ1) is 15.4. The Kier molecular flexibility index (Phi) is 5.28. The fourth-order valence-corrected chi connectivity index (χ4v) is 2.26. The minimum atomic E-state index is -0.410. The predicted octanol–water partition coefficient (Wildman–Crippen LogP) is 4.55. The molecule has 2 rings (SSSR count). The van der Waals surface area contributed by atoms with Gasteiger partial charge in [0.1, 0.15) is 10.8 Å². The van der Waals surface area contributed by atoms with E-state index in [4.69, 9.17) is 18.0 Å². The second kappa shape index (κ2) is 7.18. The Balaban J connectivity index is 2.07. The van der Waals surface area contributed by atoms with Crippen molar-refractivity contribution in [3.8, 4) is 0 Å². The summed E-state index contributed by atoms with van der Waals surface area (Å²) in [5.74, 6) is -0.410. The Morgan fingerprint density at radius 2 is 1.81 bits per heavy atom. The molecule has 0 bridgehead atoms. The third-order valence-corrected chi connectivity index (χ3v) is 3.52. The molecule has 2 aromatic rings. The van der Waals surface area contributed by atoms with Gasteiger partial charge in [0.15, 0.2) is 0 Å². The summed E-state index contributed by atoms with van der Waals surface area (Å²) < 4.78 is 13.8. The molecule has 0 spiro atoms. The molecule has 2 aromatic carbocycles. The van der Waals surface area contributed by atoms with E-state index in [1.165, 1.54) is 24.5 Å². The SMILES string of the molecule is CCCCc1ccc(Nc2ccc(C(N)=S)c(F)c2)cc1. The molecule has 0 aliphatic heterocycles. The van der Waals surface area contributed by atoms with Crippen molar-refractivity contribution in [1.29, 1.82) is 0 Å². The Labute approximate surface area is 130 Å². The van der Waals surface area contributed by atoms with E-state index in [2.05, 4.69) is 24.4 Å². The number of rotatable bonds is 6. The van der Waals surface area contributed by atoms with Crippen molar-refractivity contribution >= 4 is 28.6 Å². The Morgan fingerprint density at radius 3 is 2.38 bits per heavy atom. The standard InChI is InChI=1S/C17H19FN2S/c1-2-3-4-12-5-7-13(8-6-12)20-14-9-10-15(17(19)21)16(18)11-14/h5-11,20H,2-4H2,1H3,(H2,19,21). The summed E-state index contributed by atoms with van der Waals surface area (Å²) in [6.45, 7) is 2.18. The van der Waals surface area contributed by atoms with E-state index >= 15 is 0 Å². The van der Waals surface area contributed by atoms with E-state index in [0.717, 1.165) is 12.1 Å². The fraction of sp³-hybridized carbons (Fsp3) is 0.235. The molecule has 0 saturated carbocycles. The van der Waals surface area contributed by atoms with Gasteiger partial charge in [0.05, 0.1) is 0 Å². The van der Waals surface area contributed by atoms with Gasteiger partial charge in [0.2, 0.25) is 0 Å². The number of aryl methyl sites for hydroxylation is 1. The molecule has 4 heteroatoms. The number of thiocarbonyl (C=S) groups is 1. The Hall–Kier alpha value is -1.94. The number of hydrogen-bond acceptors (Lipinski definition) is 2. The zero-order valence-electron chi connectivity index (χ0n) is 12.0. The molecule has 0 aliphatic rings. The molecule has 0 aromatic heterocycles. The Morgan fingerprint density at radius 1 is 1.14 bits per heavy atom. The number of anilines is 2. The predicted molar refractivity (Wildman–Crippen MR) is 90.6 cm³/mol. The van der Waals surface area contributed by atoms with Crippen LogP contribution in [0.5, 0.6) is 0 Å². The van der Waals surface area contributed by atoms with Gasteiger partial charge < -0.3 is 11.1 Å². The van der Waals surface area contributed by atoms with Crippen LogP contribution in [0.3, 0.4) is 0 Å². The first-order chi connectivity index (χ1) is 10.1. The van der Waals surface area contributed by atoms with Crippen LogP contribution in [0.1, 0.15) is 30.9 Å². The van der Waals surface area contributed by atoms with Gasteiger partial charge in [0.25, 0.3) is 0 Å². The van der Waals surface area contributed by atoms with Crippen LogP contribution in [0.2, 0.25) is 0 Å². The lowest BCUT2D eigenvalue weighted by molar-refractivity contribution is 0.626. The van der Waals surface area contributed by atoms with Gasteiger partial charge in [-0.2, -0.15) is 0 Å². The van der Waals surface area contributed by atoms with Crippen LogP contribution >= 0.6 is 12.2 Å². The summed E-state index contributed by atoms with van der Waals surface area (Å²) in [6.07, 6.45) is 3.47. The number of halogens is 1. The van der Waals surface area contributed by atoms with Crippen molar-refractivity contribution in [3.63, 3.8) is 0 Å². The van der Waals surface area contributed by atoms with E-state index in [0.29, 0.717) is 5.69 Å². The highest BCUT2D eigenvalue weighted by Gasteiger charge is 2.06. The van der Waals surface area contributed by atoms with Gasteiger partial charge in [-0.3, -0.25) is 0 Å². The molecule has 0 aliphatic carbocycles. The minimum absolute atomic E-state index is 0.0688. The molecule has 0 heterocycles. The molecule has 2 nitrogen and oxygen atoms in total. The zero-order chi connectivity index (χ0) is 15.2. The van der Waals surface area contributed by atoms with Gasteiger partial charge in [-0.15, -0.1) is 0 Å². The first-order valence-electron chi connectivity index (χ1n) is 7.05. The van der Waals surface area contributed by atoms with Crippen molar-refractivity contribution in [2.75, 3.05) is 5.32 Å². The first-order valence-corrected chi connectivity index (χ1v) is 7.46. The fourth-order valence-electron chi connectivity index (χ4n) is 2.10. The lowest BCUT2D eigenvalue weighted by atomic mass is 10.1. The largest absolute Gasteiger partial charge is 0.389 e. The summed E-state index contributed by atoms with van der Waals surface area (Å²) in [5, 5.41) is 3.17. The highest BCUT2D eigenvalue weighted by atomic mass is 32.1. The van der Waals surface area contributed by atoms with Crippen molar-refractivity contribution in [2.24, 2.45) is 5.73 Å². The smallest absolute Gasteiger partial charge is 0.135 e. The van der Waals surface area contributed by atoms with Crippen LogP contribution in [0.15, 0.2) is 42.5 Å². The number of hydrogen-bond donors (Lipinski definition) is 2. The molecule has 0 atom stereocenters. The molecular weight excluding hydrogens is 283 g/mol. The molecule has 21 heavy (non-hydrogen) atoms. The molecule has 0 fully saturated rings. The van der Waals surface area contributed by atoms with Gasteiger partial charge >= 0.3 is 0 Å². The van der Waals surface area contributed by atoms with E-state index < -0.39 is 5.82 Å². The average molecular weight is 302 g/mol. The molecule has 0 saturated heterocycles. The number of benzene rings is 2. The van der Waals surface area contributed by atoms with Crippen LogP contribution in [0, 0.1) is 5.82 Å². The lowest BCUT2D eigenvalue weighted by Gasteiger charge is -2.09. The van der Waals surface area contributed by atoms with Crippen LogP contribution in [-0.2, 0) is 6.42 Å². The second-order valence-corrected chi connectivity index (χ2v) is 5.42. The second-order valence-electron chi connectivity index (χ2n) is 4.98. The minimum Gasteiger partial charge on any atom is -0.389 e. The molecule has 110 valence electrons. The van der Waals surface area contributed by atoms with Crippen molar-refractivity contribution in [1.82, 2.24) is 0 Å². The van der Waals surface area contributed by atoms with Crippen LogP contribution < -0.4 is 11.1 Å². The third-order valence-electron chi connectivity index (χ3n) is 3.30. The van der Waals surface area contributed by atoms with Crippen molar-refractivity contribution < 1.29 is 4.39 Å². The van der Waals surface area contributed by atoms with Crippen LogP contribution in [0.25, 0.3) is 0 Å². The van der Waals surface area contributed by atoms with Crippen LogP contribution in [0.4, 0.5) is 15.8 Å². The molecule has 0 unspecified atom stereocenters. The van der Waals surface area contributed by atoms with E-state index in [9.17, 15) is 4.39 Å². The van der Waals surface area contributed by atoms with Gasteiger partial charge in [-0.1, -0.05) is 37.7 Å². The lowest BCUT2D eigenvalue weighted by Crippen LogP contribution is -2.11. The summed E-state index contributed by atoms with van der Waals surface area (Å²) in [7, 11) is 0. The zero-order valence-corrected chi connectivity index (χ0v) is 12.8. The number of unbranched alkanes of at least 4 members (excludes halogenated alkanes) is 1. The molecule has 3 N–H and O–H groups in total. The topological polar surface area (TPSA) is 38.0 Å². The van der Waals surface area contributed by atoms with E-state index in [-0.39, 0.29) is 10.6 Å². The van der Waals surface area contributed by atoms with Gasteiger partial charge in [-0.05, 0) is 48.7 Å². The van der Waals surface area contributed by atoms with E-state index in [1.54, 1.807) is 12.1 Å². The maximum Gasteiger partial charge on any atom is 0.135 e. The monoisotopic (exact) mass is 302 g/mol. The van der Waals surface area contributed by atoms with Crippen molar-refractivity contribution in [3.05, 3.63) is 59.4 Å². The highest BCUT2D eigenvalue weighted by Crippen LogP contribution is 2.20. The summed E-state index contributed by atoms with van der Waals surface area (Å²) in [5.41, 5.74) is 8.63. The van der Waals surface area contributed by atoms with Gasteiger partial charge in [0, 0.05) is 16.9 Å². The number of nitrogens with one attached hydrogen (secondary N) is 1. The molecule has 0 amide bonds. The quantitative estimate of drug-likeness (QED) is 0.769. The summed E-state index contributed by atoms with van der Waals surface area (Å²) >= 11 is 4.79. The summed E-state index contributed by atoms with van der Waals surface area (Å²) in [6, 6.07) is 13.0. The molecular formula is C17H19FN2S. The summed E-state index contributed by atoms with van der Waals surface area (Å²) in [4.78, 5) is 0.0688. The third kappa shape index (κ3) is 4.26. The maximum absolute atomic E-state index is 13.8. The van der Waals surface area contributed by atoms with Crippen LogP contribution in [-0.4, -0.2) is 4.99 Å². The maximum atomic E-state index is 13.8. The van der Waals surface area contributed by atoms with Gasteiger partial charge in [-0.25, -0.2) is 4.39 Å². The van der Waals surface area contributed by atoms with E-state index in [1.807, 2.05) is 12.1 Å². The van der Waals surface area contributed by atoms with Crippen molar-refractivity contribution in [2.45, 2.75) is 26.2 Å². The normalized spacial score (nSPS) is 10.4. The number of nitrogens with two attached hydrogens (primary N) is 1. The Bertz CT molecular complexity index is 623. The highest BCUT2D eigenvalue weighted by molar-refractivity contribution is 7.80.